The number of anilines is 1. The van der Waals surface area contributed by atoms with Gasteiger partial charge >= 0.3 is 5.97 Å². The maximum atomic E-state index is 14.0. The highest BCUT2D eigenvalue weighted by Crippen LogP contribution is 2.27. The van der Waals surface area contributed by atoms with E-state index in [0.29, 0.717) is 23.6 Å². The second kappa shape index (κ2) is 9.50. The molecule has 0 radical (unpaired) electrons. The molecule has 0 bridgehead atoms. The van der Waals surface area contributed by atoms with E-state index < -0.39 is 23.8 Å². The van der Waals surface area contributed by atoms with E-state index in [0.717, 1.165) is 6.07 Å². The fourth-order valence-corrected chi connectivity index (χ4v) is 2.75. The van der Waals surface area contributed by atoms with E-state index >= 15 is 0 Å². The zero-order valence-electron chi connectivity index (χ0n) is 15.8. The summed E-state index contributed by atoms with van der Waals surface area (Å²) >= 11 is 0. The van der Waals surface area contributed by atoms with Crippen molar-refractivity contribution in [2.75, 3.05) is 11.9 Å². The van der Waals surface area contributed by atoms with Gasteiger partial charge in [0.15, 0.2) is 0 Å². The van der Waals surface area contributed by atoms with E-state index in [1.165, 1.54) is 18.2 Å². The number of carbonyl (C=O) groups is 2. The maximum absolute atomic E-state index is 14.0. The fraction of sp³-hybridized carbons (Fsp3) is 0.130. The molecular formula is C23H20FNO4. The average molecular weight is 393 g/mol. The summed E-state index contributed by atoms with van der Waals surface area (Å²) in [7, 11) is 0. The first-order valence-corrected chi connectivity index (χ1v) is 9.13. The molecule has 0 aromatic heterocycles. The van der Waals surface area contributed by atoms with Gasteiger partial charge in [-0.05, 0) is 31.2 Å². The molecule has 1 atom stereocenters. The molecule has 0 saturated carbocycles. The fourth-order valence-electron chi connectivity index (χ4n) is 2.75. The first-order valence-electron chi connectivity index (χ1n) is 9.13. The molecule has 0 aliphatic carbocycles. The predicted molar refractivity (Wildman–Crippen MR) is 107 cm³/mol. The van der Waals surface area contributed by atoms with Crippen molar-refractivity contribution in [3.8, 4) is 5.75 Å². The smallest absolute Gasteiger partial charge is 0.342 e. The van der Waals surface area contributed by atoms with Gasteiger partial charge in [-0.15, -0.1) is 0 Å². The van der Waals surface area contributed by atoms with Crippen molar-refractivity contribution in [2.45, 2.75) is 13.0 Å². The second-order valence-corrected chi connectivity index (χ2v) is 6.09. The number of esters is 1. The lowest BCUT2D eigenvalue weighted by Gasteiger charge is -2.19. The van der Waals surface area contributed by atoms with Crippen LogP contribution >= 0.6 is 0 Å². The summed E-state index contributed by atoms with van der Waals surface area (Å²) in [6, 6.07) is 21.0. The van der Waals surface area contributed by atoms with E-state index in [2.05, 4.69) is 5.32 Å². The van der Waals surface area contributed by atoms with Crippen LogP contribution in [-0.4, -0.2) is 18.5 Å². The predicted octanol–water partition coefficient (Wildman–Crippen LogP) is 4.76. The van der Waals surface area contributed by atoms with Crippen LogP contribution in [0.3, 0.4) is 0 Å². The molecule has 3 rings (SSSR count). The van der Waals surface area contributed by atoms with Gasteiger partial charge in [-0.2, -0.15) is 0 Å². The Balaban J connectivity index is 1.87. The van der Waals surface area contributed by atoms with Crippen LogP contribution in [0.25, 0.3) is 0 Å². The number of hydrogen-bond acceptors (Lipinski definition) is 4. The zero-order chi connectivity index (χ0) is 20.6. The third-order valence-corrected chi connectivity index (χ3v) is 4.10. The standard InChI is InChI=1S/C23H20FNO4/c1-2-28-20-15-9-8-14-19(20)25-22(26)21(16-10-4-3-5-11-16)29-23(27)17-12-6-7-13-18(17)24/h3-15,21H,2H2,1H3,(H,25,26)/t21-/m1/s1. The number of halogens is 1. The Morgan fingerprint density at radius 1 is 0.931 bits per heavy atom. The normalized spacial score (nSPS) is 11.4. The summed E-state index contributed by atoms with van der Waals surface area (Å²) in [5.74, 6) is -1.72. The van der Waals surface area contributed by atoms with E-state index in [9.17, 15) is 14.0 Å². The van der Waals surface area contributed by atoms with E-state index in [1.54, 1.807) is 54.6 Å². The van der Waals surface area contributed by atoms with Crippen LogP contribution in [0.2, 0.25) is 0 Å². The third-order valence-electron chi connectivity index (χ3n) is 4.10. The molecule has 0 saturated heterocycles. The Hall–Kier alpha value is -3.67. The minimum Gasteiger partial charge on any atom is -0.492 e. The number of rotatable bonds is 7. The second-order valence-electron chi connectivity index (χ2n) is 6.09. The molecular weight excluding hydrogens is 373 g/mol. The Bertz CT molecular complexity index is 991. The third kappa shape index (κ3) is 4.99. The van der Waals surface area contributed by atoms with Crippen LogP contribution in [0, 0.1) is 5.82 Å². The average Bonchev–Trinajstić information content (AvgIpc) is 2.74. The van der Waals surface area contributed by atoms with Gasteiger partial charge < -0.3 is 14.8 Å². The molecule has 0 unspecified atom stereocenters. The first-order chi connectivity index (χ1) is 14.1. The minimum absolute atomic E-state index is 0.240. The number of ether oxygens (including phenoxy) is 2. The molecule has 6 heteroatoms. The van der Waals surface area contributed by atoms with Gasteiger partial charge in [0.2, 0.25) is 6.10 Å². The van der Waals surface area contributed by atoms with Crippen molar-refractivity contribution < 1.29 is 23.5 Å². The number of para-hydroxylation sites is 2. The number of nitrogens with one attached hydrogen (secondary N) is 1. The van der Waals surface area contributed by atoms with Gasteiger partial charge in [0.25, 0.3) is 5.91 Å². The van der Waals surface area contributed by atoms with Crippen molar-refractivity contribution in [3.05, 3.63) is 95.8 Å². The minimum atomic E-state index is -1.27. The Morgan fingerprint density at radius 3 is 2.31 bits per heavy atom. The summed E-state index contributed by atoms with van der Waals surface area (Å²) < 4.78 is 24.9. The van der Waals surface area contributed by atoms with Gasteiger partial charge in [-0.3, -0.25) is 4.79 Å². The Morgan fingerprint density at radius 2 is 1.59 bits per heavy atom. The van der Waals surface area contributed by atoms with Gasteiger partial charge in [0.05, 0.1) is 17.9 Å². The highest BCUT2D eigenvalue weighted by Gasteiger charge is 2.27. The summed E-state index contributed by atoms with van der Waals surface area (Å²) in [5, 5.41) is 2.73. The largest absolute Gasteiger partial charge is 0.492 e. The van der Waals surface area contributed by atoms with Crippen molar-refractivity contribution in [1.82, 2.24) is 0 Å². The van der Waals surface area contributed by atoms with Crippen LogP contribution in [0.1, 0.15) is 28.9 Å². The molecule has 0 fully saturated rings. The number of amides is 1. The Kier molecular flexibility index (Phi) is 6.58. The lowest BCUT2D eigenvalue weighted by atomic mass is 10.1. The SMILES string of the molecule is CCOc1ccccc1NC(=O)[C@H](OC(=O)c1ccccc1F)c1ccccc1. The van der Waals surface area contributed by atoms with Crippen molar-refractivity contribution in [2.24, 2.45) is 0 Å². The molecule has 29 heavy (non-hydrogen) atoms. The van der Waals surface area contributed by atoms with Gasteiger partial charge in [0, 0.05) is 5.56 Å². The van der Waals surface area contributed by atoms with Crippen molar-refractivity contribution in [3.63, 3.8) is 0 Å². The van der Waals surface area contributed by atoms with Crippen LogP contribution in [0.4, 0.5) is 10.1 Å². The molecule has 0 aliphatic heterocycles. The van der Waals surface area contributed by atoms with Crippen molar-refractivity contribution in [1.29, 1.82) is 0 Å². The first kappa shape index (κ1) is 20.1. The summed E-state index contributed by atoms with van der Waals surface area (Å²) in [6.07, 6.45) is -1.27. The van der Waals surface area contributed by atoms with Gasteiger partial charge in [-0.1, -0.05) is 54.6 Å². The molecule has 0 aliphatic rings. The van der Waals surface area contributed by atoms with E-state index in [4.69, 9.17) is 9.47 Å². The number of hydrogen-bond donors (Lipinski definition) is 1. The number of benzene rings is 3. The van der Waals surface area contributed by atoms with Crippen LogP contribution in [-0.2, 0) is 9.53 Å². The molecule has 148 valence electrons. The van der Waals surface area contributed by atoms with Crippen molar-refractivity contribution >= 4 is 17.6 Å². The quantitative estimate of drug-likeness (QED) is 0.588. The molecule has 5 nitrogen and oxygen atoms in total. The van der Waals surface area contributed by atoms with Gasteiger partial charge in [0.1, 0.15) is 11.6 Å². The van der Waals surface area contributed by atoms with E-state index in [1.807, 2.05) is 6.92 Å². The lowest BCUT2D eigenvalue weighted by molar-refractivity contribution is -0.125. The summed E-state index contributed by atoms with van der Waals surface area (Å²) in [6.45, 7) is 2.26. The summed E-state index contributed by atoms with van der Waals surface area (Å²) in [5.41, 5.74) is 0.668. The Labute approximate surface area is 168 Å². The molecule has 1 N–H and O–H groups in total. The highest BCUT2D eigenvalue weighted by atomic mass is 19.1. The molecule has 3 aromatic carbocycles. The monoisotopic (exact) mass is 393 g/mol. The molecule has 3 aromatic rings. The highest BCUT2D eigenvalue weighted by molar-refractivity contribution is 5.99. The maximum Gasteiger partial charge on any atom is 0.342 e. The zero-order valence-corrected chi connectivity index (χ0v) is 15.8. The topological polar surface area (TPSA) is 64.6 Å². The summed E-state index contributed by atoms with van der Waals surface area (Å²) in [4.78, 5) is 25.5. The van der Waals surface area contributed by atoms with E-state index in [-0.39, 0.29) is 5.56 Å². The van der Waals surface area contributed by atoms with Crippen LogP contribution in [0.15, 0.2) is 78.9 Å². The molecule has 0 heterocycles. The van der Waals surface area contributed by atoms with Crippen LogP contribution in [0.5, 0.6) is 5.75 Å². The molecule has 1 amide bonds. The van der Waals surface area contributed by atoms with Crippen LogP contribution < -0.4 is 10.1 Å². The number of carbonyl (C=O) groups excluding carboxylic acids is 2. The lowest BCUT2D eigenvalue weighted by Crippen LogP contribution is -2.26. The molecule has 0 spiro atoms. The van der Waals surface area contributed by atoms with Gasteiger partial charge in [-0.25, -0.2) is 9.18 Å².